The Kier molecular flexibility index (Phi) is 3.08. The molecule has 0 fully saturated rings. The minimum Gasteiger partial charge on any atom is -0.330 e. The third kappa shape index (κ3) is 2.06. The number of rotatable bonds is 3. The topological polar surface area (TPSA) is 26.0 Å². The maximum Gasteiger partial charge on any atom is 0.0348 e. The number of hydrogen-bond acceptors (Lipinski definition) is 2. The van der Waals surface area contributed by atoms with Crippen LogP contribution in [0.25, 0.3) is 10.1 Å². The van der Waals surface area contributed by atoms with Crippen molar-refractivity contribution in [2.24, 2.45) is 11.7 Å². The molecular weight excluding hydrogens is 202 g/mol. The fourth-order valence-corrected chi connectivity index (χ4v) is 3.19. The van der Waals surface area contributed by atoms with Crippen LogP contribution in [0.15, 0.2) is 24.3 Å². The first-order valence-corrected chi connectivity index (χ1v) is 6.21. The van der Waals surface area contributed by atoms with E-state index in [0.29, 0.717) is 5.92 Å². The van der Waals surface area contributed by atoms with Crippen LogP contribution in [-0.4, -0.2) is 6.54 Å². The zero-order valence-corrected chi connectivity index (χ0v) is 10.1. The van der Waals surface area contributed by atoms with E-state index in [1.807, 2.05) is 11.3 Å². The number of fused-ring (bicyclic) bond motifs is 1. The lowest BCUT2D eigenvalue weighted by Gasteiger charge is -2.06. The molecule has 0 radical (unpaired) electrons. The standard InChI is InChI=1S/C13H17NS/c1-9(8-14)7-13-10(2)11-5-3-4-6-12(11)15-13/h3-6,9H,7-8,14H2,1-2H3. The van der Waals surface area contributed by atoms with Gasteiger partial charge in [0, 0.05) is 9.58 Å². The van der Waals surface area contributed by atoms with Gasteiger partial charge in [-0.05, 0) is 42.8 Å². The average Bonchev–Trinajstić information content (AvgIpc) is 2.57. The molecule has 1 unspecified atom stereocenters. The first kappa shape index (κ1) is 10.7. The quantitative estimate of drug-likeness (QED) is 0.841. The Labute approximate surface area is 94.9 Å². The van der Waals surface area contributed by atoms with E-state index < -0.39 is 0 Å². The Morgan fingerprint density at radius 1 is 1.33 bits per heavy atom. The molecular formula is C13H17NS. The minimum absolute atomic E-state index is 0.580. The molecule has 2 N–H and O–H groups in total. The van der Waals surface area contributed by atoms with Crippen molar-refractivity contribution in [1.29, 1.82) is 0 Å². The summed E-state index contributed by atoms with van der Waals surface area (Å²) < 4.78 is 1.40. The summed E-state index contributed by atoms with van der Waals surface area (Å²) in [6, 6.07) is 8.62. The molecule has 0 saturated carbocycles. The molecule has 0 bridgehead atoms. The van der Waals surface area contributed by atoms with Crippen molar-refractivity contribution < 1.29 is 0 Å². The van der Waals surface area contributed by atoms with Crippen molar-refractivity contribution in [2.45, 2.75) is 20.3 Å². The Morgan fingerprint density at radius 2 is 2.07 bits per heavy atom. The maximum atomic E-state index is 5.67. The lowest BCUT2D eigenvalue weighted by Crippen LogP contribution is -2.12. The normalized spacial score (nSPS) is 13.3. The monoisotopic (exact) mass is 219 g/mol. The summed E-state index contributed by atoms with van der Waals surface area (Å²) >= 11 is 1.91. The van der Waals surface area contributed by atoms with E-state index in [1.54, 1.807) is 0 Å². The van der Waals surface area contributed by atoms with Crippen LogP contribution in [0.3, 0.4) is 0 Å². The first-order chi connectivity index (χ1) is 7.22. The van der Waals surface area contributed by atoms with Crippen molar-refractivity contribution in [1.82, 2.24) is 0 Å². The van der Waals surface area contributed by atoms with E-state index in [9.17, 15) is 0 Å². The van der Waals surface area contributed by atoms with Gasteiger partial charge in [-0.3, -0.25) is 0 Å². The van der Waals surface area contributed by atoms with Crippen LogP contribution in [0.4, 0.5) is 0 Å². The third-order valence-electron chi connectivity index (χ3n) is 2.88. The molecule has 0 aliphatic rings. The van der Waals surface area contributed by atoms with E-state index in [4.69, 9.17) is 5.73 Å². The second kappa shape index (κ2) is 4.33. The van der Waals surface area contributed by atoms with E-state index in [1.165, 1.54) is 20.5 Å². The van der Waals surface area contributed by atoms with Gasteiger partial charge in [0.1, 0.15) is 0 Å². The zero-order valence-electron chi connectivity index (χ0n) is 9.29. The molecule has 2 aromatic rings. The van der Waals surface area contributed by atoms with Crippen molar-refractivity contribution >= 4 is 21.4 Å². The molecule has 1 aromatic heterocycles. The second-order valence-corrected chi connectivity index (χ2v) is 5.33. The van der Waals surface area contributed by atoms with Gasteiger partial charge in [0.2, 0.25) is 0 Å². The van der Waals surface area contributed by atoms with E-state index in [2.05, 4.69) is 38.1 Å². The fourth-order valence-electron chi connectivity index (χ4n) is 1.82. The van der Waals surface area contributed by atoms with Gasteiger partial charge < -0.3 is 5.73 Å². The number of aryl methyl sites for hydroxylation is 1. The molecule has 1 heterocycles. The summed E-state index contributed by atoms with van der Waals surface area (Å²) in [5.74, 6) is 0.580. The highest BCUT2D eigenvalue weighted by atomic mass is 32.1. The van der Waals surface area contributed by atoms with Crippen LogP contribution in [0, 0.1) is 12.8 Å². The highest BCUT2D eigenvalue weighted by Gasteiger charge is 2.10. The van der Waals surface area contributed by atoms with Crippen LogP contribution in [0.1, 0.15) is 17.4 Å². The lowest BCUT2D eigenvalue weighted by molar-refractivity contribution is 0.597. The second-order valence-electron chi connectivity index (χ2n) is 4.19. The molecule has 2 heteroatoms. The minimum atomic E-state index is 0.580. The van der Waals surface area contributed by atoms with Gasteiger partial charge in [0.15, 0.2) is 0 Å². The van der Waals surface area contributed by atoms with E-state index >= 15 is 0 Å². The highest BCUT2D eigenvalue weighted by Crippen LogP contribution is 2.31. The van der Waals surface area contributed by atoms with Crippen molar-refractivity contribution in [3.63, 3.8) is 0 Å². The molecule has 0 amide bonds. The summed E-state index contributed by atoms with van der Waals surface area (Å²) in [4.78, 5) is 1.49. The molecule has 2 rings (SSSR count). The molecule has 80 valence electrons. The van der Waals surface area contributed by atoms with Crippen molar-refractivity contribution in [3.8, 4) is 0 Å². The smallest absolute Gasteiger partial charge is 0.0348 e. The van der Waals surface area contributed by atoms with E-state index in [0.717, 1.165) is 13.0 Å². The molecule has 1 atom stereocenters. The lowest BCUT2D eigenvalue weighted by atomic mass is 10.0. The van der Waals surface area contributed by atoms with Crippen molar-refractivity contribution in [2.75, 3.05) is 6.54 Å². The molecule has 0 aliphatic carbocycles. The Hall–Kier alpha value is -0.860. The number of hydrogen-bond donors (Lipinski definition) is 1. The van der Waals surface area contributed by atoms with Crippen LogP contribution in [-0.2, 0) is 6.42 Å². The van der Waals surface area contributed by atoms with Crippen LogP contribution in [0.2, 0.25) is 0 Å². The summed E-state index contributed by atoms with van der Waals surface area (Å²) in [6.45, 7) is 5.20. The average molecular weight is 219 g/mol. The summed E-state index contributed by atoms with van der Waals surface area (Å²) in [5, 5.41) is 1.40. The molecule has 1 aromatic carbocycles. The van der Waals surface area contributed by atoms with Gasteiger partial charge in [-0.2, -0.15) is 0 Å². The predicted octanol–water partition coefficient (Wildman–Crippen LogP) is 3.35. The Morgan fingerprint density at radius 3 is 2.73 bits per heavy atom. The van der Waals surface area contributed by atoms with Gasteiger partial charge in [0.25, 0.3) is 0 Å². The Bertz CT molecular complexity index is 459. The van der Waals surface area contributed by atoms with Crippen LogP contribution in [0.5, 0.6) is 0 Å². The summed E-state index contributed by atoms with van der Waals surface area (Å²) in [5.41, 5.74) is 7.11. The van der Waals surface area contributed by atoms with Crippen LogP contribution < -0.4 is 5.73 Å². The van der Waals surface area contributed by atoms with Gasteiger partial charge >= 0.3 is 0 Å². The molecule has 0 aliphatic heterocycles. The molecule has 0 saturated heterocycles. The highest BCUT2D eigenvalue weighted by molar-refractivity contribution is 7.19. The van der Waals surface area contributed by atoms with Crippen LogP contribution >= 0.6 is 11.3 Å². The molecule has 0 spiro atoms. The van der Waals surface area contributed by atoms with Gasteiger partial charge in [-0.25, -0.2) is 0 Å². The molecule has 15 heavy (non-hydrogen) atoms. The SMILES string of the molecule is Cc1c(CC(C)CN)sc2ccccc12. The maximum absolute atomic E-state index is 5.67. The van der Waals surface area contributed by atoms with Gasteiger partial charge in [-0.15, -0.1) is 11.3 Å². The first-order valence-electron chi connectivity index (χ1n) is 5.39. The number of thiophene rings is 1. The molecule has 1 nitrogen and oxygen atoms in total. The number of benzene rings is 1. The number of nitrogens with two attached hydrogens (primary N) is 1. The Balaban J connectivity index is 2.40. The van der Waals surface area contributed by atoms with Gasteiger partial charge in [0.05, 0.1) is 0 Å². The van der Waals surface area contributed by atoms with Crippen molar-refractivity contribution in [3.05, 3.63) is 34.7 Å². The fraction of sp³-hybridized carbons (Fsp3) is 0.385. The third-order valence-corrected chi connectivity index (χ3v) is 4.17. The van der Waals surface area contributed by atoms with E-state index in [-0.39, 0.29) is 0 Å². The summed E-state index contributed by atoms with van der Waals surface area (Å²) in [6.07, 6.45) is 1.11. The predicted molar refractivity (Wildman–Crippen MR) is 68.5 cm³/mol. The van der Waals surface area contributed by atoms with Gasteiger partial charge in [-0.1, -0.05) is 25.1 Å². The largest absolute Gasteiger partial charge is 0.330 e. The zero-order chi connectivity index (χ0) is 10.8. The summed E-state index contributed by atoms with van der Waals surface area (Å²) in [7, 11) is 0.